The molecule has 2 aliphatic rings. The van der Waals surface area contributed by atoms with E-state index in [0.717, 1.165) is 17.2 Å². The number of hydrogen-bond donors (Lipinski definition) is 2. The van der Waals surface area contributed by atoms with Gasteiger partial charge in [-0.3, -0.25) is 4.79 Å². The number of aliphatic carboxylic acids is 1. The summed E-state index contributed by atoms with van der Waals surface area (Å²) in [6, 6.07) is 3.61. The lowest BCUT2D eigenvalue weighted by Crippen LogP contribution is -2.11. The molecular formula is C24H15F6NO4. The number of aromatic nitrogens is 1. The number of alkyl halides is 3. The van der Waals surface area contributed by atoms with Crippen molar-refractivity contribution in [2.75, 3.05) is 0 Å². The van der Waals surface area contributed by atoms with Crippen LogP contribution >= 0.6 is 0 Å². The fraction of sp³-hybridized carbons (Fsp3) is 0.250. The van der Waals surface area contributed by atoms with Crippen LogP contribution in [0.1, 0.15) is 28.2 Å². The number of carbonyl (C=O) groups is 1. The first-order chi connectivity index (χ1) is 16.5. The molecule has 35 heavy (non-hydrogen) atoms. The molecule has 11 heteroatoms. The molecule has 0 saturated heterocycles. The third kappa shape index (κ3) is 3.94. The highest BCUT2D eigenvalue weighted by Gasteiger charge is 2.59. The van der Waals surface area contributed by atoms with Crippen LogP contribution in [-0.2, 0) is 24.0 Å². The molecule has 1 aromatic heterocycles. The molecule has 0 amide bonds. The van der Waals surface area contributed by atoms with Gasteiger partial charge in [-0.2, -0.15) is 13.2 Å². The SMILES string of the molecule is O=C(O)[C@H]1[C@@H]2Cc3cc(OCc4cc(-c5cc(F)c(O)c(F)c5)c(C(F)(F)F)cc4F)ncc3[C@@H]21. The van der Waals surface area contributed by atoms with Crippen LogP contribution in [0.15, 0.2) is 36.5 Å². The minimum Gasteiger partial charge on any atom is -0.503 e. The molecule has 2 N–H and O–H groups in total. The van der Waals surface area contributed by atoms with Gasteiger partial charge in [-0.25, -0.2) is 18.2 Å². The normalized spacial score (nSPS) is 20.3. The number of aromatic hydroxyl groups is 1. The molecular weight excluding hydrogens is 480 g/mol. The first-order valence-electron chi connectivity index (χ1n) is 10.4. The summed E-state index contributed by atoms with van der Waals surface area (Å²) in [5.41, 5.74) is -1.38. The van der Waals surface area contributed by atoms with Crippen molar-refractivity contribution in [1.29, 1.82) is 0 Å². The molecule has 3 atom stereocenters. The van der Waals surface area contributed by atoms with E-state index < -0.39 is 64.6 Å². The average molecular weight is 495 g/mol. The molecule has 0 radical (unpaired) electrons. The number of pyridine rings is 1. The zero-order valence-corrected chi connectivity index (χ0v) is 17.5. The molecule has 0 spiro atoms. The van der Waals surface area contributed by atoms with Gasteiger partial charge < -0.3 is 14.9 Å². The predicted molar refractivity (Wildman–Crippen MR) is 108 cm³/mol. The second kappa shape index (κ2) is 7.89. The zero-order chi connectivity index (χ0) is 25.2. The molecule has 5 rings (SSSR count). The Bertz CT molecular complexity index is 1350. The summed E-state index contributed by atoms with van der Waals surface area (Å²) in [4.78, 5) is 15.3. The van der Waals surface area contributed by atoms with Gasteiger partial charge in [-0.05, 0) is 58.9 Å². The number of nitrogens with zero attached hydrogens (tertiary/aromatic N) is 1. The minimum absolute atomic E-state index is 0.0134. The van der Waals surface area contributed by atoms with E-state index in [-0.39, 0.29) is 29.3 Å². The molecule has 5 nitrogen and oxygen atoms in total. The number of benzene rings is 2. The first kappa shape index (κ1) is 23.0. The number of rotatable bonds is 5. The van der Waals surface area contributed by atoms with E-state index in [1.807, 2.05) is 0 Å². The van der Waals surface area contributed by atoms with Gasteiger partial charge in [0.15, 0.2) is 17.4 Å². The van der Waals surface area contributed by atoms with Crippen LogP contribution in [0.25, 0.3) is 11.1 Å². The Kier molecular flexibility index (Phi) is 5.19. The lowest BCUT2D eigenvalue weighted by atomic mass is 9.96. The van der Waals surface area contributed by atoms with Crippen LogP contribution in [0.5, 0.6) is 11.6 Å². The highest BCUT2D eigenvalue weighted by Crippen LogP contribution is 2.61. The first-order valence-corrected chi connectivity index (χ1v) is 10.4. The van der Waals surface area contributed by atoms with Crippen LogP contribution in [0.2, 0.25) is 0 Å². The molecule has 0 bridgehead atoms. The Morgan fingerprint density at radius 3 is 2.37 bits per heavy atom. The summed E-state index contributed by atoms with van der Waals surface area (Å²) >= 11 is 0. The molecule has 0 unspecified atom stereocenters. The van der Waals surface area contributed by atoms with E-state index in [9.17, 15) is 41.4 Å². The van der Waals surface area contributed by atoms with Crippen molar-refractivity contribution in [2.45, 2.75) is 25.1 Å². The van der Waals surface area contributed by atoms with Crippen LogP contribution < -0.4 is 4.74 Å². The highest BCUT2D eigenvalue weighted by molar-refractivity contribution is 5.77. The van der Waals surface area contributed by atoms with E-state index in [2.05, 4.69) is 4.98 Å². The zero-order valence-electron chi connectivity index (χ0n) is 17.5. The van der Waals surface area contributed by atoms with E-state index in [1.165, 1.54) is 6.20 Å². The monoisotopic (exact) mass is 495 g/mol. The van der Waals surface area contributed by atoms with Gasteiger partial charge in [0.1, 0.15) is 12.4 Å². The van der Waals surface area contributed by atoms with Crippen molar-refractivity contribution in [3.05, 3.63) is 76.2 Å². The second-order valence-electron chi connectivity index (χ2n) is 8.54. The molecule has 2 aromatic carbocycles. The van der Waals surface area contributed by atoms with E-state index in [4.69, 9.17) is 4.74 Å². The van der Waals surface area contributed by atoms with Crippen LogP contribution in [0.4, 0.5) is 26.3 Å². The summed E-state index contributed by atoms with van der Waals surface area (Å²) in [5.74, 6) is -6.89. The summed E-state index contributed by atoms with van der Waals surface area (Å²) in [5, 5.41) is 18.4. The fourth-order valence-corrected chi connectivity index (χ4v) is 4.76. The molecule has 1 fully saturated rings. The number of phenolic OH excluding ortho intramolecular Hbond substituents is 1. The summed E-state index contributed by atoms with van der Waals surface area (Å²) in [7, 11) is 0. The summed E-state index contributed by atoms with van der Waals surface area (Å²) in [6.07, 6.45) is -3.03. The number of phenols is 1. The number of halogens is 6. The van der Waals surface area contributed by atoms with Crippen molar-refractivity contribution in [1.82, 2.24) is 4.98 Å². The van der Waals surface area contributed by atoms with E-state index in [0.29, 0.717) is 18.6 Å². The smallest absolute Gasteiger partial charge is 0.417 e. The quantitative estimate of drug-likeness (QED) is 0.461. The Hall–Kier alpha value is -3.76. The standard InChI is InChI=1S/C24H15F6NO4/c25-16-6-15(24(28,29)30)12(10-3-17(26)22(32)18(27)4-10)2-11(16)8-35-19-5-9-1-13-20(14(9)7-31-19)21(13)23(33)34/h2-7,13,20-21,32H,1,8H2,(H,33,34)/t13-,20-,21+/m1/s1. The second-order valence-corrected chi connectivity index (χ2v) is 8.54. The number of carboxylic acid groups (broad SMARTS) is 1. The van der Waals surface area contributed by atoms with Gasteiger partial charge in [-0.15, -0.1) is 0 Å². The average Bonchev–Trinajstić information content (AvgIpc) is 3.38. The van der Waals surface area contributed by atoms with E-state index in [1.54, 1.807) is 6.07 Å². The minimum atomic E-state index is -5.03. The van der Waals surface area contributed by atoms with Crippen LogP contribution in [0, 0.1) is 29.3 Å². The molecule has 1 saturated carbocycles. The van der Waals surface area contributed by atoms with Crippen molar-refractivity contribution >= 4 is 5.97 Å². The Labute approximate surface area is 193 Å². The van der Waals surface area contributed by atoms with E-state index >= 15 is 0 Å². The highest BCUT2D eigenvalue weighted by atomic mass is 19.4. The van der Waals surface area contributed by atoms with Crippen molar-refractivity contribution in [2.24, 2.45) is 11.8 Å². The maximum Gasteiger partial charge on any atom is 0.417 e. The number of hydrogen-bond acceptors (Lipinski definition) is 4. The Balaban J connectivity index is 1.43. The largest absolute Gasteiger partial charge is 0.503 e. The topological polar surface area (TPSA) is 79.7 Å². The molecule has 2 aliphatic carbocycles. The lowest BCUT2D eigenvalue weighted by molar-refractivity contribution is -0.139. The number of ether oxygens (including phenoxy) is 1. The molecule has 0 aliphatic heterocycles. The van der Waals surface area contributed by atoms with Gasteiger partial charge in [0, 0.05) is 23.7 Å². The number of fused-ring (bicyclic) bond motifs is 3. The van der Waals surface area contributed by atoms with Gasteiger partial charge in [0.05, 0.1) is 11.5 Å². The van der Waals surface area contributed by atoms with Gasteiger partial charge >= 0.3 is 12.1 Å². The van der Waals surface area contributed by atoms with Gasteiger partial charge in [-0.1, -0.05) is 0 Å². The summed E-state index contributed by atoms with van der Waals surface area (Å²) in [6.45, 7) is -0.531. The van der Waals surface area contributed by atoms with Crippen LogP contribution in [0.3, 0.4) is 0 Å². The molecule has 182 valence electrons. The van der Waals surface area contributed by atoms with Crippen LogP contribution in [-0.4, -0.2) is 21.2 Å². The molecule has 1 heterocycles. The summed E-state index contributed by atoms with van der Waals surface area (Å²) < 4.78 is 88.2. The Morgan fingerprint density at radius 2 is 1.74 bits per heavy atom. The van der Waals surface area contributed by atoms with Gasteiger partial charge in [0.25, 0.3) is 0 Å². The van der Waals surface area contributed by atoms with Crippen molar-refractivity contribution in [3.63, 3.8) is 0 Å². The maximum atomic E-state index is 14.6. The lowest BCUT2D eigenvalue weighted by Gasteiger charge is -2.17. The third-order valence-corrected chi connectivity index (χ3v) is 6.46. The van der Waals surface area contributed by atoms with Crippen molar-refractivity contribution in [3.8, 4) is 22.8 Å². The third-order valence-electron chi connectivity index (χ3n) is 6.46. The number of carboxylic acids is 1. The predicted octanol–water partition coefficient (Wildman–Crippen LogP) is 5.44. The fourth-order valence-electron chi connectivity index (χ4n) is 4.76. The Morgan fingerprint density at radius 1 is 1.06 bits per heavy atom. The molecule has 3 aromatic rings. The van der Waals surface area contributed by atoms with Crippen molar-refractivity contribution < 1.29 is 46.1 Å². The van der Waals surface area contributed by atoms with Gasteiger partial charge in [0.2, 0.25) is 5.88 Å². The maximum absolute atomic E-state index is 14.6.